The fourth-order valence-electron chi connectivity index (χ4n) is 3.18. The molecule has 0 unspecified atom stereocenters. The van der Waals surface area contributed by atoms with Gasteiger partial charge in [-0.15, -0.1) is 10.2 Å². The van der Waals surface area contributed by atoms with E-state index in [9.17, 15) is 14.7 Å². The summed E-state index contributed by atoms with van der Waals surface area (Å²) >= 11 is 0. The van der Waals surface area contributed by atoms with Gasteiger partial charge in [0.25, 0.3) is 5.91 Å². The second-order valence-electron chi connectivity index (χ2n) is 6.83. The molecule has 1 amide bonds. The minimum absolute atomic E-state index is 0.0389. The van der Waals surface area contributed by atoms with Crippen LogP contribution in [-0.4, -0.2) is 22.3 Å². The monoisotopic (exact) mass is 414 g/mol. The molecule has 2 heterocycles. The molecule has 8 heteroatoms. The topological polar surface area (TPSA) is 117 Å². The molecule has 8 nitrogen and oxygen atoms in total. The Kier molecular flexibility index (Phi) is 5.28. The van der Waals surface area contributed by atoms with Crippen LogP contribution in [-0.2, 0) is 0 Å². The van der Waals surface area contributed by atoms with Crippen LogP contribution in [0.4, 0.5) is 17.4 Å². The zero-order valence-corrected chi connectivity index (χ0v) is 16.8. The van der Waals surface area contributed by atoms with E-state index in [1.165, 1.54) is 0 Å². The van der Waals surface area contributed by atoms with Crippen molar-refractivity contribution < 1.29 is 19.1 Å². The normalized spacial score (nSPS) is 11.2. The molecule has 0 radical (unpaired) electrons. The number of azo groups is 1. The molecule has 0 saturated carbocycles. The quantitative estimate of drug-likeness (QED) is 0.324. The molecule has 31 heavy (non-hydrogen) atoms. The van der Waals surface area contributed by atoms with Crippen molar-refractivity contribution in [2.75, 3.05) is 5.32 Å². The van der Waals surface area contributed by atoms with Gasteiger partial charge in [0.1, 0.15) is 17.3 Å². The molecule has 0 bridgehead atoms. The minimum Gasteiger partial charge on any atom is -0.505 e. The van der Waals surface area contributed by atoms with Gasteiger partial charge < -0.3 is 14.8 Å². The van der Waals surface area contributed by atoms with Gasteiger partial charge in [0.15, 0.2) is 12.0 Å². The molecular formula is C23H18N4O4. The van der Waals surface area contributed by atoms with Crippen LogP contribution in [0.25, 0.3) is 10.8 Å². The molecule has 154 valence electrons. The van der Waals surface area contributed by atoms with E-state index in [4.69, 9.17) is 4.42 Å². The lowest BCUT2D eigenvalue weighted by atomic mass is 10.0. The Hall–Kier alpha value is -4.33. The molecule has 0 aliphatic carbocycles. The second kappa shape index (κ2) is 8.19. The Labute approximate surface area is 177 Å². The van der Waals surface area contributed by atoms with Crippen molar-refractivity contribution in [3.05, 3.63) is 77.2 Å². The number of nitrogens with one attached hydrogen (secondary N) is 1. The van der Waals surface area contributed by atoms with Crippen LogP contribution in [0.3, 0.4) is 0 Å². The van der Waals surface area contributed by atoms with E-state index in [0.717, 1.165) is 0 Å². The van der Waals surface area contributed by atoms with Gasteiger partial charge in [-0.25, -0.2) is 4.98 Å². The van der Waals surface area contributed by atoms with Crippen LogP contribution in [0.15, 0.2) is 69.4 Å². The van der Waals surface area contributed by atoms with Crippen LogP contribution < -0.4 is 5.32 Å². The number of furan rings is 1. The number of hydrogen-bond donors (Lipinski definition) is 2. The van der Waals surface area contributed by atoms with Gasteiger partial charge in [-0.2, -0.15) is 0 Å². The van der Waals surface area contributed by atoms with Crippen LogP contribution >= 0.6 is 0 Å². The number of carbonyl (C=O) groups excluding carboxylic acids is 2. The number of anilines is 1. The van der Waals surface area contributed by atoms with Crippen molar-refractivity contribution in [2.24, 2.45) is 10.2 Å². The van der Waals surface area contributed by atoms with Gasteiger partial charge in [-0.3, -0.25) is 9.59 Å². The predicted molar refractivity (Wildman–Crippen MR) is 116 cm³/mol. The SMILES string of the molecule is Cc1oc(N=Nc2cc3ccccc3c(C(=O)Nc3ccccn3)c2O)c(C=O)c1C. The first-order chi connectivity index (χ1) is 15.0. The lowest BCUT2D eigenvalue weighted by molar-refractivity contribution is 0.102. The number of nitrogens with zero attached hydrogens (tertiary/aromatic N) is 3. The number of hydrogen-bond acceptors (Lipinski definition) is 7. The number of aryl methyl sites for hydroxylation is 1. The number of phenols is 1. The summed E-state index contributed by atoms with van der Waals surface area (Å²) in [5, 5.41) is 22.8. The number of aromatic hydroxyl groups is 1. The van der Waals surface area contributed by atoms with Gasteiger partial charge in [0.2, 0.25) is 5.88 Å². The third-order valence-electron chi connectivity index (χ3n) is 4.91. The van der Waals surface area contributed by atoms with E-state index in [2.05, 4.69) is 20.5 Å². The van der Waals surface area contributed by atoms with Crippen LogP contribution in [0.5, 0.6) is 5.75 Å². The van der Waals surface area contributed by atoms with Gasteiger partial charge in [0.05, 0.1) is 11.1 Å². The summed E-state index contributed by atoms with van der Waals surface area (Å²) in [5.74, 6) is 0.0534. The number of phenolic OH excluding ortho intramolecular Hbond substituents is 1. The van der Waals surface area contributed by atoms with E-state index in [1.54, 1.807) is 62.5 Å². The summed E-state index contributed by atoms with van der Waals surface area (Å²) in [6, 6.07) is 13.8. The zero-order valence-electron chi connectivity index (χ0n) is 16.8. The maximum Gasteiger partial charge on any atom is 0.261 e. The zero-order chi connectivity index (χ0) is 22.0. The van der Waals surface area contributed by atoms with Gasteiger partial charge in [0, 0.05) is 11.8 Å². The van der Waals surface area contributed by atoms with E-state index in [1.807, 2.05) is 6.07 Å². The standard InChI is InChI=1S/C23H18N4O4/c1-13-14(2)31-23(17(13)12-28)27-26-18-11-15-7-3-4-8-16(15)20(21(18)29)22(30)25-19-9-5-6-10-24-19/h3-12,29H,1-2H3,(H,24,25,30). The van der Waals surface area contributed by atoms with Gasteiger partial charge in [-0.05, 0) is 42.8 Å². The molecule has 0 fully saturated rings. The lowest BCUT2D eigenvalue weighted by Gasteiger charge is -2.11. The fraction of sp³-hybridized carbons (Fsp3) is 0.0870. The van der Waals surface area contributed by atoms with Crippen LogP contribution in [0.2, 0.25) is 0 Å². The van der Waals surface area contributed by atoms with Crippen molar-refractivity contribution >= 4 is 40.4 Å². The van der Waals surface area contributed by atoms with E-state index >= 15 is 0 Å². The average Bonchev–Trinajstić information content (AvgIpc) is 3.05. The van der Waals surface area contributed by atoms with Crippen LogP contribution in [0.1, 0.15) is 32.0 Å². The van der Waals surface area contributed by atoms with Crippen molar-refractivity contribution in [3.63, 3.8) is 0 Å². The first kappa shape index (κ1) is 20.0. The molecular weight excluding hydrogens is 396 g/mol. The van der Waals surface area contributed by atoms with Crippen molar-refractivity contribution in [1.29, 1.82) is 0 Å². The molecule has 2 aromatic carbocycles. The van der Waals surface area contributed by atoms with Crippen molar-refractivity contribution in [1.82, 2.24) is 4.98 Å². The summed E-state index contributed by atoms with van der Waals surface area (Å²) < 4.78 is 5.48. The molecule has 4 aromatic rings. The smallest absolute Gasteiger partial charge is 0.261 e. The first-order valence-electron chi connectivity index (χ1n) is 9.43. The maximum absolute atomic E-state index is 13.0. The Morgan fingerprint density at radius 3 is 2.65 bits per heavy atom. The largest absolute Gasteiger partial charge is 0.505 e. The molecule has 0 spiro atoms. The Morgan fingerprint density at radius 1 is 1.13 bits per heavy atom. The third kappa shape index (κ3) is 3.78. The van der Waals surface area contributed by atoms with E-state index in [0.29, 0.717) is 34.2 Å². The number of aldehydes is 1. The highest BCUT2D eigenvalue weighted by atomic mass is 16.4. The van der Waals surface area contributed by atoms with E-state index in [-0.39, 0.29) is 28.4 Å². The minimum atomic E-state index is -0.539. The molecule has 0 saturated heterocycles. The summed E-state index contributed by atoms with van der Waals surface area (Å²) in [7, 11) is 0. The summed E-state index contributed by atoms with van der Waals surface area (Å²) in [5.41, 5.74) is 1.06. The first-order valence-corrected chi connectivity index (χ1v) is 9.43. The van der Waals surface area contributed by atoms with Crippen molar-refractivity contribution in [3.8, 4) is 5.75 Å². The van der Waals surface area contributed by atoms with Crippen LogP contribution in [0, 0.1) is 13.8 Å². The number of benzene rings is 2. The summed E-state index contributed by atoms with van der Waals surface area (Å²) in [6.07, 6.45) is 2.20. The van der Waals surface area contributed by atoms with Gasteiger partial charge in [-0.1, -0.05) is 30.3 Å². The molecule has 0 aliphatic heterocycles. The number of fused-ring (bicyclic) bond motifs is 1. The number of carbonyl (C=O) groups is 2. The summed E-state index contributed by atoms with van der Waals surface area (Å²) in [6.45, 7) is 3.46. The Morgan fingerprint density at radius 2 is 1.90 bits per heavy atom. The average molecular weight is 414 g/mol. The predicted octanol–water partition coefficient (Wildman–Crippen LogP) is 5.63. The Bertz CT molecular complexity index is 1330. The number of amides is 1. The summed E-state index contributed by atoms with van der Waals surface area (Å²) in [4.78, 5) is 28.4. The molecule has 4 rings (SSSR count). The van der Waals surface area contributed by atoms with E-state index < -0.39 is 5.91 Å². The molecule has 0 atom stereocenters. The molecule has 0 aliphatic rings. The third-order valence-corrected chi connectivity index (χ3v) is 4.91. The lowest BCUT2D eigenvalue weighted by Crippen LogP contribution is -2.13. The Balaban J connectivity index is 1.80. The fourth-order valence-corrected chi connectivity index (χ4v) is 3.18. The number of pyridine rings is 1. The number of aromatic nitrogens is 1. The molecule has 2 aromatic heterocycles. The molecule has 2 N–H and O–H groups in total. The van der Waals surface area contributed by atoms with Gasteiger partial charge >= 0.3 is 0 Å². The highest BCUT2D eigenvalue weighted by Crippen LogP contribution is 2.38. The number of rotatable bonds is 5. The maximum atomic E-state index is 13.0. The highest BCUT2D eigenvalue weighted by molar-refractivity contribution is 6.16. The second-order valence-corrected chi connectivity index (χ2v) is 6.83. The highest BCUT2D eigenvalue weighted by Gasteiger charge is 2.20. The van der Waals surface area contributed by atoms with Crippen molar-refractivity contribution in [2.45, 2.75) is 13.8 Å².